The minimum absolute atomic E-state index is 0.139. The second-order valence-electron chi connectivity index (χ2n) is 4.45. The Bertz CT molecular complexity index is 312. The molecule has 1 rings (SSSR count). The molecule has 1 aliphatic rings. The average molecular weight is 274 g/mol. The molecule has 1 fully saturated rings. The summed E-state index contributed by atoms with van der Waals surface area (Å²) in [4.78, 5) is 26.9. The van der Waals surface area contributed by atoms with E-state index < -0.39 is 12.0 Å². The van der Waals surface area contributed by atoms with Gasteiger partial charge in [-0.15, -0.1) is 0 Å². The Balaban J connectivity index is 2.81. The Morgan fingerprint density at radius 1 is 1.50 bits per heavy atom. The smallest absolute Gasteiger partial charge is 0.327 e. The largest absolute Gasteiger partial charge is 0.480 e. The van der Waals surface area contributed by atoms with Crippen LogP contribution in [0, 0.1) is 0 Å². The molecule has 0 radical (unpaired) electrons. The number of carboxylic acids is 1. The SMILES string of the molecule is CCC(C)N(CC)C(=O)N1CCSCC1C(=O)O. The molecule has 104 valence electrons. The third-order valence-corrected chi connectivity index (χ3v) is 4.39. The molecule has 0 aromatic carbocycles. The van der Waals surface area contributed by atoms with E-state index in [-0.39, 0.29) is 12.1 Å². The van der Waals surface area contributed by atoms with Gasteiger partial charge >= 0.3 is 12.0 Å². The van der Waals surface area contributed by atoms with Crippen LogP contribution in [0.25, 0.3) is 0 Å². The fourth-order valence-electron chi connectivity index (χ4n) is 2.06. The topological polar surface area (TPSA) is 60.9 Å². The van der Waals surface area contributed by atoms with Crippen LogP contribution in [0.5, 0.6) is 0 Å². The van der Waals surface area contributed by atoms with Gasteiger partial charge in [-0.2, -0.15) is 11.8 Å². The molecule has 1 aliphatic heterocycles. The van der Waals surface area contributed by atoms with Crippen molar-refractivity contribution in [1.82, 2.24) is 9.80 Å². The van der Waals surface area contributed by atoms with Crippen LogP contribution in [-0.2, 0) is 4.79 Å². The third kappa shape index (κ3) is 3.31. The van der Waals surface area contributed by atoms with E-state index in [1.165, 1.54) is 4.90 Å². The highest BCUT2D eigenvalue weighted by atomic mass is 32.2. The van der Waals surface area contributed by atoms with Crippen molar-refractivity contribution in [2.24, 2.45) is 0 Å². The molecule has 0 spiro atoms. The highest BCUT2D eigenvalue weighted by Crippen LogP contribution is 2.19. The molecule has 5 nitrogen and oxygen atoms in total. The van der Waals surface area contributed by atoms with Gasteiger partial charge < -0.3 is 14.9 Å². The summed E-state index contributed by atoms with van der Waals surface area (Å²) in [6, 6.07) is -0.680. The van der Waals surface area contributed by atoms with Crippen LogP contribution in [0.1, 0.15) is 27.2 Å². The predicted octanol–water partition coefficient (Wildman–Crippen LogP) is 1.73. The fraction of sp³-hybridized carbons (Fsp3) is 0.833. The number of carbonyl (C=O) groups is 2. The molecule has 0 saturated carbocycles. The zero-order valence-corrected chi connectivity index (χ0v) is 12.1. The van der Waals surface area contributed by atoms with Crippen LogP contribution in [0.4, 0.5) is 4.79 Å². The number of carboxylic acid groups (broad SMARTS) is 1. The monoisotopic (exact) mass is 274 g/mol. The van der Waals surface area contributed by atoms with Crippen molar-refractivity contribution in [3.8, 4) is 0 Å². The molecular formula is C12H22N2O3S. The first-order valence-corrected chi connectivity index (χ1v) is 7.56. The summed E-state index contributed by atoms with van der Waals surface area (Å²) >= 11 is 1.59. The molecule has 2 amide bonds. The van der Waals surface area contributed by atoms with Crippen molar-refractivity contribution in [3.05, 3.63) is 0 Å². The van der Waals surface area contributed by atoms with Crippen molar-refractivity contribution in [2.45, 2.75) is 39.3 Å². The third-order valence-electron chi connectivity index (χ3n) is 3.37. The molecule has 0 aromatic rings. The summed E-state index contributed by atoms with van der Waals surface area (Å²) in [6.07, 6.45) is 0.875. The van der Waals surface area contributed by atoms with E-state index in [9.17, 15) is 14.7 Å². The van der Waals surface area contributed by atoms with Crippen molar-refractivity contribution in [2.75, 3.05) is 24.6 Å². The van der Waals surface area contributed by atoms with E-state index in [1.807, 2.05) is 20.8 Å². The number of aliphatic carboxylic acids is 1. The molecule has 2 unspecified atom stereocenters. The number of rotatable bonds is 4. The Labute approximate surface area is 113 Å². The van der Waals surface area contributed by atoms with Crippen molar-refractivity contribution >= 4 is 23.8 Å². The number of thioether (sulfide) groups is 1. The van der Waals surface area contributed by atoms with Crippen LogP contribution in [0.2, 0.25) is 0 Å². The number of carbonyl (C=O) groups excluding carboxylic acids is 1. The first-order valence-electron chi connectivity index (χ1n) is 6.40. The minimum Gasteiger partial charge on any atom is -0.480 e. The van der Waals surface area contributed by atoms with Gasteiger partial charge in [0.15, 0.2) is 0 Å². The average Bonchev–Trinajstić information content (AvgIpc) is 2.39. The first-order chi connectivity index (χ1) is 8.52. The lowest BCUT2D eigenvalue weighted by molar-refractivity contribution is -0.141. The van der Waals surface area contributed by atoms with Crippen molar-refractivity contribution < 1.29 is 14.7 Å². The van der Waals surface area contributed by atoms with E-state index in [1.54, 1.807) is 16.7 Å². The van der Waals surface area contributed by atoms with Gasteiger partial charge in [-0.05, 0) is 20.3 Å². The van der Waals surface area contributed by atoms with E-state index >= 15 is 0 Å². The predicted molar refractivity (Wildman–Crippen MR) is 73.0 cm³/mol. The molecule has 2 atom stereocenters. The standard InChI is InChI=1S/C12H22N2O3S/c1-4-9(3)13(5-2)12(17)14-6-7-18-8-10(14)11(15)16/h9-10H,4-8H2,1-3H3,(H,15,16). The van der Waals surface area contributed by atoms with Crippen LogP contribution >= 0.6 is 11.8 Å². The van der Waals surface area contributed by atoms with Crippen molar-refractivity contribution in [3.63, 3.8) is 0 Å². The maximum Gasteiger partial charge on any atom is 0.327 e. The summed E-state index contributed by atoms with van der Waals surface area (Å²) in [5.74, 6) is 0.392. The zero-order chi connectivity index (χ0) is 13.7. The lowest BCUT2D eigenvalue weighted by atomic mass is 10.2. The Hall–Kier alpha value is -0.910. The molecular weight excluding hydrogens is 252 g/mol. The Morgan fingerprint density at radius 2 is 2.17 bits per heavy atom. The molecule has 0 aliphatic carbocycles. The molecule has 0 bridgehead atoms. The fourth-order valence-corrected chi connectivity index (χ4v) is 3.10. The highest BCUT2D eigenvalue weighted by molar-refractivity contribution is 7.99. The summed E-state index contributed by atoms with van der Waals surface area (Å²) in [7, 11) is 0. The lowest BCUT2D eigenvalue weighted by Crippen LogP contribution is -2.56. The van der Waals surface area contributed by atoms with E-state index in [4.69, 9.17) is 0 Å². The normalized spacial score (nSPS) is 21.5. The number of urea groups is 1. The quantitative estimate of drug-likeness (QED) is 0.848. The first kappa shape index (κ1) is 15.1. The number of nitrogens with zero attached hydrogens (tertiary/aromatic N) is 2. The number of hydrogen-bond acceptors (Lipinski definition) is 3. The Kier molecular flexibility index (Phi) is 5.78. The van der Waals surface area contributed by atoms with Crippen LogP contribution in [-0.4, -0.2) is 63.6 Å². The van der Waals surface area contributed by atoms with Gasteiger partial charge in [0.2, 0.25) is 0 Å². The van der Waals surface area contributed by atoms with Crippen LogP contribution in [0.15, 0.2) is 0 Å². The van der Waals surface area contributed by atoms with Gasteiger partial charge in [0.25, 0.3) is 0 Å². The maximum absolute atomic E-state index is 12.4. The van der Waals surface area contributed by atoms with Gasteiger partial charge in [-0.1, -0.05) is 6.92 Å². The van der Waals surface area contributed by atoms with E-state index in [2.05, 4.69) is 0 Å². The molecule has 0 aromatic heterocycles. The van der Waals surface area contributed by atoms with Crippen LogP contribution in [0.3, 0.4) is 0 Å². The number of hydrogen-bond donors (Lipinski definition) is 1. The van der Waals surface area contributed by atoms with Crippen LogP contribution < -0.4 is 0 Å². The molecule has 1 N–H and O–H groups in total. The Morgan fingerprint density at radius 3 is 2.67 bits per heavy atom. The molecule has 1 heterocycles. The van der Waals surface area contributed by atoms with Gasteiger partial charge in [-0.25, -0.2) is 9.59 Å². The second-order valence-corrected chi connectivity index (χ2v) is 5.60. The number of amides is 2. The van der Waals surface area contributed by atoms with E-state index in [0.717, 1.165) is 12.2 Å². The summed E-state index contributed by atoms with van der Waals surface area (Å²) in [5, 5.41) is 9.18. The summed E-state index contributed by atoms with van der Waals surface area (Å²) in [5.41, 5.74) is 0. The second kappa shape index (κ2) is 6.87. The van der Waals surface area contributed by atoms with Gasteiger partial charge in [0, 0.05) is 30.6 Å². The molecule has 18 heavy (non-hydrogen) atoms. The van der Waals surface area contributed by atoms with E-state index in [0.29, 0.717) is 18.8 Å². The zero-order valence-electron chi connectivity index (χ0n) is 11.3. The van der Waals surface area contributed by atoms with Gasteiger partial charge in [0.1, 0.15) is 6.04 Å². The highest BCUT2D eigenvalue weighted by Gasteiger charge is 2.35. The summed E-state index contributed by atoms with van der Waals surface area (Å²) < 4.78 is 0. The van der Waals surface area contributed by atoms with Crippen molar-refractivity contribution in [1.29, 1.82) is 0 Å². The maximum atomic E-state index is 12.4. The molecule has 6 heteroatoms. The lowest BCUT2D eigenvalue weighted by Gasteiger charge is -2.38. The summed E-state index contributed by atoms with van der Waals surface area (Å²) in [6.45, 7) is 7.09. The van der Waals surface area contributed by atoms with Gasteiger partial charge in [-0.3, -0.25) is 0 Å². The minimum atomic E-state index is -0.907. The van der Waals surface area contributed by atoms with Gasteiger partial charge in [0.05, 0.1) is 0 Å². The molecule has 1 saturated heterocycles.